The summed E-state index contributed by atoms with van der Waals surface area (Å²) in [5.74, 6) is -1.50. The lowest BCUT2D eigenvalue weighted by atomic mass is 10.1. The first-order valence-corrected chi connectivity index (χ1v) is 12.7. The number of hydrogen-bond donors (Lipinski definition) is 3. The highest BCUT2D eigenvalue weighted by Crippen LogP contribution is 2.30. The van der Waals surface area contributed by atoms with Crippen molar-refractivity contribution in [2.45, 2.75) is 25.7 Å². The van der Waals surface area contributed by atoms with Crippen molar-refractivity contribution in [1.82, 2.24) is 15.3 Å². The van der Waals surface area contributed by atoms with Gasteiger partial charge in [0, 0.05) is 52.8 Å². The van der Waals surface area contributed by atoms with Gasteiger partial charge < -0.3 is 31.0 Å². The van der Waals surface area contributed by atoms with Gasteiger partial charge in [-0.05, 0) is 61.3 Å². The summed E-state index contributed by atoms with van der Waals surface area (Å²) in [4.78, 5) is 31.8. The minimum atomic E-state index is -4.88. The molecule has 0 fully saturated rings. The molecule has 10 nitrogen and oxygen atoms in total. The van der Waals surface area contributed by atoms with Crippen molar-refractivity contribution in [1.29, 1.82) is 0 Å². The number of carbonyl (C=O) groups excluding carboxylic acids is 2. The highest BCUT2D eigenvalue weighted by Gasteiger charge is 2.31. The molecule has 4 rings (SSSR count). The Kier molecular flexibility index (Phi) is 9.53. The molecule has 0 radical (unpaired) electrons. The van der Waals surface area contributed by atoms with Gasteiger partial charge in [-0.25, -0.2) is 4.98 Å². The first-order valence-electron chi connectivity index (χ1n) is 12.7. The lowest BCUT2D eigenvalue weighted by molar-refractivity contribution is -0.274. The minimum Gasteiger partial charge on any atom is -0.475 e. The zero-order valence-corrected chi connectivity index (χ0v) is 21.9. The van der Waals surface area contributed by atoms with Gasteiger partial charge in [-0.15, -0.1) is 13.2 Å². The molecule has 0 atom stereocenters. The summed E-state index contributed by atoms with van der Waals surface area (Å²) < 4.78 is 53.1. The number of primary amides is 2. The van der Waals surface area contributed by atoms with Gasteiger partial charge in [-0.3, -0.25) is 14.6 Å². The molecule has 13 heteroatoms. The number of aromatic nitrogens is 2. The fourth-order valence-electron chi connectivity index (χ4n) is 4.16. The van der Waals surface area contributed by atoms with E-state index in [1.807, 2.05) is 0 Å². The van der Waals surface area contributed by atoms with Crippen LogP contribution in [0.4, 0.5) is 13.2 Å². The predicted octanol–water partition coefficient (Wildman–Crippen LogP) is 3.84. The van der Waals surface area contributed by atoms with E-state index in [1.165, 1.54) is 12.1 Å². The summed E-state index contributed by atoms with van der Waals surface area (Å²) in [6, 6.07) is 10.4. The number of halogens is 3. The molecule has 0 saturated carbocycles. The maximum Gasteiger partial charge on any atom is 0.573 e. The van der Waals surface area contributed by atoms with Crippen LogP contribution in [0.1, 0.15) is 39.1 Å². The lowest BCUT2D eigenvalue weighted by Crippen LogP contribution is -2.20. The van der Waals surface area contributed by atoms with Crippen molar-refractivity contribution >= 4 is 33.5 Å². The molecule has 2 heterocycles. The standard InChI is InChI=1S/C28H28F3N5O5/c29-28(30,31)41-20-12-17(11-19(13-20)26(33)38)15-34-6-1-2-8-39-9-10-40-27-22-5-7-35-16-23(22)21-4-3-18(25(32)37)14-24(21)36-27/h3-5,7,11-14,16,34H,1-2,6,8-10,15H2,(H2,32,37)(H2,33,38). The number of pyridine rings is 2. The molecule has 2 aromatic carbocycles. The average molecular weight is 572 g/mol. The number of benzene rings is 2. The molecule has 0 aliphatic carbocycles. The van der Waals surface area contributed by atoms with Gasteiger partial charge in [0.05, 0.1) is 12.1 Å². The topological polar surface area (TPSA) is 152 Å². The van der Waals surface area contributed by atoms with Gasteiger partial charge >= 0.3 is 6.36 Å². The van der Waals surface area contributed by atoms with E-state index in [0.717, 1.165) is 35.1 Å². The fourth-order valence-corrected chi connectivity index (χ4v) is 4.16. The highest BCUT2D eigenvalue weighted by atomic mass is 19.4. The van der Waals surface area contributed by atoms with Crippen molar-refractivity contribution in [3.8, 4) is 11.6 Å². The lowest BCUT2D eigenvalue weighted by Gasteiger charge is -2.12. The zero-order valence-electron chi connectivity index (χ0n) is 21.9. The molecule has 5 N–H and O–H groups in total. The number of hydrogen-bond acceptors (Lipinski definition) is 8. The number of carbonyl (C=O) groups is 2. The summed E-state index contributed by atoms with van der Waals surface area (Å²) in [7, 11) is 0. The molecule has 2 amide bonds. The number of rotatable bonds is 14. The molecular weight excluding hydrogens is 543 g/mol. The molecule has 0 aliphatic rings. The van der Waals surface area contributed by atoms with Crippen molar-refractivity contribution in [2.24, 2.45) is 11.5 Å². The molecule has 0 aliphatic heterocycles. The first kappa shape index (κ1) is 29.5. The van der Waals surface area contributed by atoms with Crippen LogP contribution in [0.15, 0.2) is 54.9 Å². The van der Waals surface area contributed by atoms with Crippen LogP contribution >= 0.6 is 0 Å². The van der Waals surface area contributed by atoms with E-state index in [1.54, 1.807) is 36.7 Å². The van der Waals surface area contributed by atoms with E-state index in [0.29, 0.717) is 42.3 Å². The second-order valence-corrected chi connectivity index (χ2v) is 9.06. The summed E-state index contributed by atoms with van der Waals surface area (Å²) in [6.07, 6.45) is -0.0394. The molecule has 41 heavy (non-hydrogen) atoms. The zero-order chi connectivity index (χ0) is 29.4. The molecule has 0 spiro atoms. The van der Waals surface area contributed by atoms with Gasteiger partial charge in [-0.2, -0.15) is 0 Å². The third-order valence-electron chi connectivity index (χ3n) is 6.02. The monoisotopic (exact) mass is 571 g/mol. The van der Waals surface area contributed by atoms with Crippen molar-refractivity contribution in [3.05, 3.63) is 71.5 Å². The van der Waals surface area contributed by atoms with E-state index >= 15 is 0 Å². The number of amides is 2. The maximum absolute atomic E-state index is 12.6. The number of fused-ring (bicyclic) bond motifs is 3. The van der Waals surface area contributed by atoms with Crippen LogP contribution in [0.5, 0.6) is 11.6 Å². The average Bonchev–Trinajstić information content (AvgIpc) is 2.92. The Hall–Kier alpha value is -4.49. The number of unbranched alkanes of at least 4 members (excludes halogenated alkanes) is 1. The van der Waals surface area contributed by atoms with E-state index in [2.05, 4.69) is 20.0 Å². The van der Waals surface area contributed by atoms with Gasteiger partial charge in [0.25, 0.3) is 0 Å². The van der Waals surface area contributed by atoms with E-state index in [9.17, 15) is 22.8 Å². The fraction of sp³-hybridized carbons (Fsp3) is 0.286. The summed E-state index contributed by atoms with van der Waals surface area (Å²) in [5.41, 5.74) is 11.9. The SMILES string of the molecule is NC(=O)c1cc(CNCCCCOCCOc2nc3cc(C(N)=O)ccc3c3cnccc23)cc(OC(F)(F)F)c1. The second kappa shape index (κ2) is 13.2. The van der Waals surface area contributed by atoms with E-state index < -0.39 is 23.9 Å². The number of alkyl halides is 3. The molecule has 0 saturated heterocycles. The number of ether oxygens (including phenoxy) is 3. The van der Waals surface area contributed by atoms with Gasteiger partial charge in [-0.1, -0.05) is 6.07 Å². The first-order chi connectivity index (χ1) is 19.6. The largest absolute Gasteiger partial charge is 0.573 e. The Balaban J connectivity index is 1.20. The van der Waals surface area contributed by atoms with Crippen LogP contribution in [-0.2, 0) is 11.3 Å². The van der Waals surface area contributed by atoms with E-state index in [4.69, 9.17) is 20.9 Å². The van der Waals surface area contributed by atoms with Gasteiger partial charge in [0.2, 0.25) is 17.7 Å². The Bertz CT molecular complexity index is 1550. The van der Waals surface area contributed by atoms with Crippen LogP contribution in [0.25, 0.3) is 21.7 Å². The molecule has 0 bridgehead atoms. The van der Waals surface area contributed by atoms with Gasteiger partial charge in [0.1, 0.15) is 12.4 Å². The Morgan fingerprint density at radius 2 is 1.68 bits per heavy atom. The molecule has 0 unspecified atom stereocenters. The minimum absolute atomic E-state index is 0.0712. The second-order valence-electron chi connectivity index (χ2n) is 9.06. The summed E-state index contributed by atoms with van der Waals surface area (Å²) >= 11 is 0. The molecular formula is C28H28F3N5O5. The van der Waals surface area contributed by atoms with E-state index in [-0.39, 0.29) is 18.7 Å². The van der Waals surface area contributed by atoms with Crippen LogP contribution in [0.3, 0.4) is 0 Å². The Morgan fingerprint density at radius 1 is 0.878 bits per heavy atom. The number of nitrogens with one attached hydrogen (secondary N) is 1. The Morgan fingerprint density at radius 3 is 2.44 bits per heavy atom. The van der Waals surface area contributed by atoms with Crippen molar-refractivity contribution in [3.63, 3.8) is 0 Å². The third kappa shape index (κ3) is 8.25. The van der Waals surface area contributed by atoms with Gasteiger partial charge in [0.15, 0.2) is 0 Å². The number of nitrogens with zero attached hydrogens (tertiary/aromatic N) is 2. The maximum atomic E-state index is 12.6. The molecule has 216 valence electrons. The predicted molar refractivity (Wildman–Crippen MR) is 144 cm³/mol. The van der Waals surface area contributed by atoms with Crippen molar-refractivity contribution in [2.75, 3.05) is 26.4 Å². The Labute approximate surface area is 232 Å². The highest BCUT2D eigenvalue weighted by molar-refractivity contribution is 6.09. The normalized spacial score (nSPS) is 11.6. The van der Waals surface area contributed by atoms with Crippen LogP contribution in [0, 0.1) is 0 Å². The van der Waals surface area contributed by atoms with Crippen molar-refractivity contribution < 1.29 is 37.0 Å². The summed E-state index contributed by atoms with van der Waals surface area (Å²) in [6.45, 7) is 1.85. The van der Waals surface area contributed by atoms with Crippen LogP contribution in [-0.4, -0.2) is 54.5 Å². The summed E-state index contributed by atoms with van der Waals surface area (Å²) in [5, 5.41) is 5.55. The quantitative estimate of drug-likeness (QED) is 0.153. The van der Waals surface area contributed by atoms with Crippen LogP contribution in [0.2, 0.25) is 0 Å². The molecule has 2 aromatic heterocycles. The molecule has 4 aromatic rings. The smallest absolute Gasteiger partial charge is 0.475 e. The number of nitrogens with two attached hydrogens (primary N) is 2. The third-order valence-corrected chi connectivity index (χ3v) is 6.02. The van der Waals surface area contributed by atoms with Crippen LogP contribution < -0.4 is 26.3 Å².